The smallest absolute Gasteiger partial charge is 0.244 e. The Kier molecular flexibility index (Phi) is 4.03. The van der Waals surface area contributed by atoms with Crippen molar-refractivity contribution in [3.63, 3.8) is 0 Å². The van der Waals surface area contributed by atoms with E-state index in [0.717, 1.165) is 6.42 Å². The zero-order valence-corrected chi connectivity index (χ0v) is 12.4. The summed E-state index contributed by atoms with van der Waals surface area (Å²) in [5.74, 6) is 0.729. The summed E-state index contributed by atoms with van der Waals surface area (Å²) < 4.78 is 26.9. The summed E-state index contributed by atoms with van der Waals surface area (Å²) in [6, 6.07) is 1.51. The lowest BCUT2D eigenvalue weighted by atomic mass is 9.88. The van der Waals surface area contributed by atoms with E-state index in [2.05, 4.69) is 18.8 Å². The van der Waals surface area contributed by atoms with Crippen LogP contribution in [0, 0.1) is 11.8 Å². The quantitative estimate of drug-likeness (QED) is 0.885. The van der Waals surface area contributed by atoms with Crippen LogP contribution in [0.25, 0.3) is 0 Å². The van der Waals surface area contributed by atoms with E-state index in [1.807, 2.05) is 6.92 Å². The zero-order chi connectivity index (χ0) is 14.2. The van der Waals surface area contributed by atoms with Crippen molar-refractivity contribution in [1.29, 1.82) is 0 Å². The summed E-state index contributed by atoms with van der Waals surface area (Å²) in [5, 5.41) is 9.02. The molecule has 3 unspecified atom stereocenters. The van der Waals surface area contributed by atoms with Gasteiger partial charge in [0.2, 0.25) is 10.0 Å². The third kappa shape index (κ3) is 2.70. The highest BCUT2D eigenvalue weighted by Gasteiger charge is 2.37. The van der Waals surface area contributed by atoms with Crippen LogP contribution in [0.4, 0.5) is 0 Å². The first-order valence-corrected chi connectivity index (χ1v) is 8.10. The summed E-state index contributed by atoms with van der Waals surface area (Å²) in [4.78, 5) is 3.02. The Labute approximate surface area is 114 Å². The van der Waals surface area contributed by atoms with Gasteiger partial charge in [0.25, 0.3) is 0 Å². The number of aliphatic hydroxyl groups excluding tert-OH is 1. The third-order valence-corrected chi connectivity index (χ3v) is 5.97. The Morgan fingerprint density at radius 3 is 2.68 bits per heavy atom. The molecule has 6 heteroatoms. The number of nitrogens with one attached hydrogen (secondary N) is 1. The maximum atomic E-state index is 12.6. The summed E-state index contributed by atoms with van der Waals surface area (Å²) in [7, 11) is -3.48. The van der Waals surface area contributed by atoms with Crippen LogP contribution in [0.15, 0.2) is 17.2 Å². The minimum absolute atomic E-state index is 0.00803. The van der Waals surface area contributed by atoms with Gasteiger partial charge in [0.05, 0.1) is 11.5 Å². The van der Waals surface area contributed by atoms with E-state index in [1.165, 1.54) is 12.3 Å². The molecule has 0 radical (unpaired) electrons. The second-order valence-electron chi connectivity index (χ2n) is 5.65. The molecule has 0 aliphatic carbocycles. The molecule has 1 saturated heterocycles. The predicted molar refractivity (Wildman–Crippen MR) is 73.0 cm³/mol. The lowest BCUT2D eigenvalue weighted by Gasteiger charge is -2.39. The molecule has 108 valence electrons. The highest BCUT2D eigenvalue weighted by molar-refractivity contribution is 7.89. The number of aromatic nitrogens is 1. The van der Waals surface area contributed by atoms with Gasteiger partial charge in [0, 0.05) is 24.5 Å². The lowest BCUT2D eigenvalue weighted by Crippen LogP contribution is -2.48. The van der Waals surface area contributed by atoms with Gasteiger partial charge in [-0.15, -0.1) is 0 Å². The van der Waals surface area contributed by atoms with Crippen LogP contribution in [0.2, 0.25) is 0 Å². The number of hydrogen-bond donors (Lipinski definition) is 2. The Hall–Kier alpha value is -0.850. The van der Waals surface area contributed by atoms with E-state index in [-0.39, 0.29) is 17.5 Å². The average molecular weight is 286 g/mol. The molecule has 1 fully saturated rings. The summed E-state index contributed by atoms with van der Waals surface area (Å²) in [6.45, 7) is 6.53. The van der Waals surface area contributed by atoms with Gasteiger partial charge >= 0.3 is 0 Å². The highest BCUT2D eigenvalue weighted by atomic mass is 32.2. The second kappa shape index (κ2) is 5.26. The maximum absolute atomic E-state index is 12.6. The molecule has 0 saturated carbocycles. The number of rotatable bonds is 3. The van der Waals surface area contributed by atoms with Gasteiger partial charge in [-0.2, -0.15) is 4.31 Å². The van der Waals surface area contributed by atoms with Crippen molar-refractivity contribution in [2.24, 2.45) is 11.8 Å². The molecule has 19 heavy (non-hydrogen) atoms. The Morgan fingerprint density at radius 2 is 2.11 bits per heavy atom. The second-order valence-corrected chi connectivity index (χ2v) is 7.54. The van der Waals surface area contributed by atoms with Crippen molar-refractivity contribution in [2.75, 3.05) is 6.54 Å². The van der Waals surface area contributed by atoms with E-state index in [9.17, 15) is 8.42 Å². The molecule has 0 amide bonds. The van der Waals surface area contributed by atoms with Crippen molar-refractivity contribution < 1.29 is 13.5 Å². The fourth-order valence-electron chi connectivity index (χ4n) is 2.77. The lowest BCUT2D eigenvalue weighted by molar-refractivity contribution is 0.157. The number of nitrogens with zero attached hydrogens (tertiary/aromatic N) is 1. The average Bonchev–Trinajstić information content (AvgIpc) is 2.83. The van der Waals surface area contributed by atoms with Crippen LogP contribution in [0.5, 0.6) is 0 Å². The number of hydrogen-bond acceptors (Lipinski definition) is 3. The largest absolute Gasteiger partial charge is 0.390 e. The van der Waals surface area contributed by atoms with Crippen molar-refractivity contribution in [1.82, 2.24) is 9.29 Å². The van der Waals surface area contributed by atoms with E-state index >= 15 is 0 Å². The van der Waals surface area contributed by atoms with Gasteiger partial charge in [-0.25, -0.2) is 8.42 Å². The molecule has 0 aromatic carbocycles. The Morgan fingerprint density at radius 1 is 1.42 bits per heavy atom. The number of aromatic amines is 1. The minimum atomic E-state index is -3.48. The number of piperidine rings is 1. The van der Waals surface area contributed by atoms with Gasteiger partial charge in [0.1, 0.15) is 0 Å². The SMILES string of the molecule is CC1CC(C)C(C)N(S(=O)(=O)c2c[nH]c(CO)c2)C1. The van der Waals surface area contributed by atoms with Gasteiger partial charge in [-0.1, -0.05) is 13.8 Å². The molecular formula is C13H22N2O3S. The zero-order valence-electron chi connectivity index (χ0n) is 11.6. The van der Waals surface area contributed by atoms with Crippen molar-refractivity contribution in [2.45, 2.75) is 44.7 Å². The van der Waals surface area contributed by atoms with E-state index < -0.39 is 10.0 Å². The molecule has 1 aliphatic heterocycles. The van der Waals surface area contributed by atoms with Crippen LogP contribution in [-0.4, -0.2) is 35.4 Å². The fourth-order valence-corrected chi connectivity index (χ4v) is 4.64. The number of aliphatic hydroxyl groups is 1. The van der Waals surface area contributed by atoms with Crippen molar-refractivity contribution in [3.05, 3.63) is 18.0 Å². The Balaban J connectivity index is 2.32. The van der Waals surface area contributed by atoms with Gasteiger partial charge in [-0.3, -0.25) is 0 Å². The Bertz CT molecular complexity index is 538. The molecular weight excluding hydrogens is 264 g/mol. The van der Waals surface area contributed by atoms with Crippen molar-refractivity contribution in [3.8, 4) is 0 Å². The van der Waals surface area contributed by atoms with Gasteiger partial charge < -0.3 is 10.1 Å². The minimum Gasteiger partial charge on any atom is -0.390 e. The third-order valence-electron chi connectivity index (χ3n) is 4.04. The standard InChI is InChI=1S/C13H22N2O3S/c1-9-4-10(2)11(3)15(7-9)19(17,18)13-5-12(8-16)14-6-13/h5-6,9-11,14,16H,4,7-8H2,1-3H3. The maximum Gasteiger partial charge on any atom is 0.244 e. The van der Waals surface area contributed by atoms with E-state index in [0.29, 0.717) is 24.1 Å². The normalized spacial score (nSPS) is 29.6. The van der Waals surface area contributed by atoms with Gasteiger partial charge in [0.15, 0.2) is 0 Å². The van der Waals surface area contributed by atoms with E-state index in [1.54, 1.807) is 4.31 Å². The van der Waals surface area contributed by atoms with Crippen molar-refractivity contribution >= 4 is 10.0 Å². The molecule has 0 bridgehead atoms. The fraction of sp³-hybridized carbons (Fsp3) is 0.692. The topological polar surface area (TPSA) is 73.4 Å². The molecule has 2 rings (SSSR count). The molecule has 2 N–H and O–H groups in total. The molecule has 1 aromatic heterocycles. The number of H-pyrrole nitrogens is 1. The first-order chi connectivity index (χ1) is 8.86. The summed E-state index contributed by atoms with van der Waals surface area (Å²) in [5.41, 5.74) is 0.518. The van der Waals surface area contributed by atoms with Gasteiger partial charge in [-0.05, 0) is 31.2 Å². The molecule has 3 atom stereocenters. The summed E-state index contributed by atoms with van der Waals surface area (Å²) in [6.07, 6.45) is 2.51. The monoisotopic (exact) mass is 286 g/mol. The molecule has 0 spiro atoms. The summed E-state index contributed by atoms with van der Waals surface area (Å²) >= 11 is 0. The first kappa shape index (κ1) is 14.6. The number of sulfonamides is 1. The highest BCUT2D eigenvalue weighted by Crippen LogP contribution is 2.31. The van der Waals surface area contributed by atoms with Crippen LogP contribution in [0.1, 0.15) is 32.9 Å². The molecule has 1 aliphatic rings. The van der Waals surface area contributed by atoms with Crippen LogP contribution >= 0.6 is 0 Å². The van der Waals surface area contributed by atoms with Crippen LogP contribution in [-0.2, 0) is 16.6 Å². The molecule has 1 aromatic rings. The molecule has 2 heterocycles. The van der Waals surface area contributed by atoms with Crippen LogP contribution < -0.4 is 0 Å². The van der Waals surface area contributed by atoms with Crippen LogP contribution in [0.3, 0.4) is 0 Å². The van der Waals surface area contributed by atoms with E-state index in [4.69, 9.17) is 5.11 Å². The predicted octanol–water partition coefficient (Wildman–Crippen LogP) is 1.56. The first-order valence-electron chi connectivity index (χ1n) is 6.66. The molecule has 5 nitrogen and oxygen atoms in total.